The minimum absolute atomic E-state index is 0.125. The largest absolute Gasteiger partial charge is 0.496 e. The van der Waals surface area contributed by atoms with E-state index in [1.165, 1.54) is 14.2 Å². The van der Waals surface area contributed by atoms with Crippen molar-refractivity contribution in [1.29, 1.82) is 0 Å². The highest BCUT2D eigenvalue weighted by molar-refractivity contribution is 5.98. The lowest BCUT2D eigenvalue weighted by molar-refractivity contribution is -0.119. The molecule has 30 heavy (non-hydrogen) atoms. The molecule has 1 heterocycles. The zero-order valence-corrected chi connectivity index (χ0v) is 16.9. The normalized spacial score (nSPS) is 15.7. The van der Waals surface area contributed by atoms with Gasteiger partial charge < -0.3 is 29.0 Å². The standard InChI is InChI=1S/C22H23NO7/c1-26-16-6-5-7-17(27-2)20(16)21(25)28-13-19(24)23-14-8-9-15-18(12-14)30-22(29-15)10-3-4-11-22/h5-9,12H,3-4,10-11,13H2,1-2H3,(H,23,24). The molecule has 1 aliphatic heterocycles. The summed E-state index contributed by atoms with van der Waals surface area (Å²) in [5, 5.41) is 2.70. The summed E-state index contributed by atoms with van der Waals surface area (Å²) in [4.78, 5) is 24.7. The summed E-state index contributed by atoms with van der Waals surface area (Å²) in [6, 6.07) is 10.1. The van der Waals surface area contributed by atoms with E-state index in [0.717, 1.165) is 25.7 Å². The van der Waals surface area contributed by atoms with Crippen LogP contribution in [0.2, 0.25) is 0 Å². The van der Waals surface area contributed by atoms with E-state index in [-0.39, 0.29) is 5.56 Å². The molecule has 2 aliphatic rings. The number of hydrogen-bond acceptors (Lipinski definition) is 7. The fourth-order valence-electron chi connectivity index (χ4n) is 3.74. The molecule has 2 aromatic carbocycles. The van der Waals surface area contributed by atoms with Crippen LogP contribution < -0.4 is 24.3 Å². The summed E-state index contributed by atoms with van der Waals surface area (Å²) >= 11 is 0. The van der Waals surface area contributed by atoms with Crippen LogP contribution in [0.1, 0.15) is 36.0 Å². The second-order valence-electron chi connectivity index (χ2n) is 7.15. The summed E-state index contributed by atoms with van der Waals surface area (Å²) in [5.74, 6) is 0.122. The van der Waals surface area contributed by atoms with E-state index in [9.17, 15) is 9.59 Å². The number of hydrogen-bond donors (Lipinski definition) is 1. The summed E-state index contributed by atoms with van der Waals surface area (Å²) in [6.07, 6.45) is 3.84. The quantitative estimate of drug-likeness (QED) is 0.724. The molecule has 1 fully saturated rings. The number of esters is 1. The van der Waals surface area contributed by atoms with E-state index in [1.54, 1.807) is 36.4 Å². The van der Waals surface area contributed by atoms with Crippen molar-refractivity contribution < 1.29 is 33.3 Å². The highest BCUT2D eigenvalue weighted by Crippen LogP contribution is 2.47. The van der Waals surface area contributed by atoms with Gasteiger partial charge in [0.25, 0.3) is 11.7 Å². The third-order valence-electron chi connectivity index (χ3n) is 5.15. The van der Waals surface area contributed by atoms with Gasteiger partial charge in [0.15, 0.2) is 18.1 Å². The maximum Gasteiger partial charge on any atom is 0.346 e. The molecule has 4 rings (SSSR count). The van der Waals surface area contributed by atoms with Gasteiger partial charge in [-0.15, -0.1) is 0 Å². The predicted molar refractivity (Wildman–Crippen MR) is 107 cm³/mol. The lowest BCUT2D eigenvalue weighted by atomic mass is 10.2. The van der Waals surface area contributed by atoms with Crippen molar-refractivity contribution in [2.24, 2.45) is 0 Å². The maximum absolute atomic E-state index is 12.5. The monoisotopic (exact) mass is 413 g/mol. The Morgan fingerprint density at radius 2 is 1.67 bits per heavy atom. The van der Waals surface area contributed by atoms with Crippen LogP contribution in [0, 0.1) is 0 Å². The molecule has 1 spiro atoms. The van der Waals surface area contributed by atoms with Crippen LogP contribution in [0.15, 0.2) is 36.4 Å². The van der Waals surface area contributed by atoms with Gasteiger partial charge in [-0.2, -0.15) is 0 Å². The van der Waals surface area contributed by atoms with E-state index in [0.29, 0.717) is 28.7 Å². The van der Waals surface area contributed by atoms with Gasteiger partial charge in [0.2, 0.25) is 0 Å². The second kappa shape index (κ2) is 8.14. The van der Waals surface area contributed by atoms with E-state index in [2.05, 4.69) is 5.32 Å². The van der Waals surface area contributed by atoms with Gasteiger partial charge in [0.05, 0.1) is 14.2 Å². The van der Waals surface area contributed by atoms with Crippen molar-refractivity contribution >= 4 is 17.6 Å². The fourth-order valence-corrected chi connectivity index (χ4v) is 3.74. The van der Waals surface area contributed by atoms with Crippen molar-refractivity contribution in [3.8, 4) is 23.0 Å². The van der Waals surface area contributed by atoms with Crippen LogP contribution in [0.3, 0.4) is 0 Å². The highest BCUT2D eigenvalue weighted by atomic mass is 16.7. The van der Waals surface area contributed by atoms with Crippen LogP contribution in [-0.2, 0) is 9.53 Å². The van der Waals surface area contributed by atoms with Gasteiger partial charge in [-0.3, -0.25) is 4.79 Å². The number of benzene rings is 2. The molecule has 1 saturated carbocycles. The molecule has 8 nitrogen and oxygen atoms in total. The third kappa shape index (κ3) is 3.85. The SMILES string of the molecule is COc1cccc(OC)c1C(=O)OCC(=O)Nc1ccc2c(c1)OC1(CCCC1)O2. The summed E-state index contributed by atoms with van der Waals surface area (Å²) < 4.78 is 27.5. The number of nitrogens with one attached hydrogen (secondary N) is 1. The molecule has 158 valence electrons. The van der Waals surface area contributed by atoms with Gasteiger partial charge in [0.1, 0.15) is 17.1 Å². The van der Waals surface area contributed by atoms with Crippen molar-refractivity contribution in [1.82, 2.24) is 0 Å². The van der Waals surface area contributed by atoms with Gasteiger partial charge >= 0.3 is 5.97 Å². The first kappa shape index (κ1) is 19.9. The smallest absolute Gasteiger partial charge is 0.346 e. The molecular weight excluding hydrogens is 390 g/mol. The Bertz CT molecular complexity index is 944. The number of ether oxygens (including phenoxy) is 5. The van der Waals surface area contributed by atoms with E-state index < -0.39 is 24.3 Å². The number of amides is 1. The van der Waals surface area contributed by atoms with Gasteiger partial charge in [-0.1, -0.05) is 6.07 Å². The molecule has 1 N–H and O–H groups in total. The molecule has 1 aliphatic carbocycles. The number of rotatable bonds is 6. The maximum atomic E-state index is 12.5. The van der Waals surface area contributed by atoms with Crippen LogP contribution >= 0.6 is 0 Å². The summed E-state index contributed by atoms with van der Waals surface area (Å²) in [6.45, 7) is -0.460. The van der Waals surface area contributed by atoms with E-state index >= 15 is 0 Å². The molecule has 1 amide bonds. The Kier molecular flexibility index (Phi) is 5.39. The topological polar surface area (TPSA) is 92.3 Å². The lowest BCUT2D eigenvalue weighted by Gasteiger charge is -2.21. The molecule has 0 bridgehead atoms. The summed E-state index contributed by atoms with van der Waals surface area (Å²) in [7, 11) is 2.88. The Morgan fingerprint density at radius 3 is 2.33 bits per heavy atom. The first-order valence-electron chi connectivity index (χ1n) is 9.74. The first-order chi connectivity index (χ1) is 14.5. The third-order valence-corrected chi connectivity index (χ3v) is 5.15. The fraction of sp³-hybridized carbons (Fsp3) is 0.364. The van der Waals surface area contributed by atoms with Gasteiger partial charge in [0, 0.05) is 24.6 Å². The average molecular weight is 413 g/mol. The molecular formula is C22H23NO7. The van der Waals surface area contributed by atoms with Crippen molar-refractivity contribution in [3.63, 3.8) is 0 Å². The number of fused-ring (bicyclic) bond motifs is 1. The predicted octanol–water partition coefficient (Wildman–Crippen LogP) is 3.54. The molecule has 0 radical (unpaired) electrons. The Labute approximate surface area is 174 Å². The van der Waals surface area contributed by atoms with Crippen molar-refractivity contribution in [2.75, 3.05) is 26.1 Å². The number of anilines is 1. The molecule has 0 unspecified atom stereocenters. The number of methoxy groups -OCH3 is 2. The molecule has 8 heteroatoms. The minimum atomic E-state index is -0.715. The zero-order valence-electron chi connectivity index (χ0n) is 16.9. The minimum Gasteiger partial charge on any atom is -0.496 e. The summed E-state index contributed by atoms with van der Waals surface area (Å²) in [5.41, 5.74) is 0.656. The molecule has 0 saturated heterocycles. The average Bonchev–Trinajstić information content (AvgIpc) is 3.36. The van der Waals surface area contributed by atoms with Gasteiger partial charge in [-0.05, 0) is 37.1 Å². The Balaban J connectivity index is 1.37. The van der Waals surface area contributed by atoms with Crippen LogP contribution in [-0.4, -0.2) is 38.5 Å². The highest BCUT2D eigenvalue weighted by Gasteiger charge is 2.44. The first-order valence-corrected chi connectivity index (χ1v) is 9.74. The van der Waals surface area contributed by atoms with Crippen molar-refractivity contribution in [2.45, 2.75) is 31.5 Å². The number of carbonyl (C=O) groups excluding carboxylic acids is 2. The van der Waals surface area contributed by atoms with Crippen LogP contribution in [0.4, 0.5) is 5.69 Å². The van der Waals surface area contributed by atoms with E-state index in [4.69, 9.17) is 23.7 Å². The Hall–Kier alpha value is -3.42. The van der Waals surface area contributed by atoms with Crippen LogP contribution in [0.5, 0.6) is 23.0 Å². The number of carbonyl (C=O) groups is 2. The van der Waals surface area contributed by atoms with E-state index in [1.807, 2.05) is 0 Å². The molecule has 0 atom stereocenters. The van der Waals surface area contributed by atoms with Crippen molar-refractivity contribution in [3.05, 3.63) is 42.0 Å². The Morgan fingerprint density at radius 1 is 1.00 bits per heavy atom. The van der Waals surface area contributed by atoms with Crippen LogP contribution in [0.25, 0.3) is 0 Å². The molecule has 0 aromatic heterocycles. The lowest BCUT2D eigenvalue weighted by Crippen LogP contribution is -2.34. The second-order valence-corrected chi connectivity index (χ2v) is 7.15. The van der Waals surface area contributed by atoms with Gasteiger partial charge in [-0.25, -0.2) is 4.79 Å². The zero-order chi connectivity index (χ0) is 21.1. The molecule has 2 aromatic rings.